The van der Waals surface area contributed by atoms with Gasteiger partial charge >= 0.3 is 0 Å². The second-order valence-corrected chi connectivity index (χ2v) is 5.53. The van der Waals surface area contributed by atoms with E-state index in [9.17, 15) is 4.79 Å². The van der Waals surface area contributed by atoms with Gasteiger partial charge in [-0.1, -0.05) is 26.0 Å². The first-order valence-electron chi connectivity index (χ1n) is 7.07. The lowest BCUT2D eigenvalue weighted by molar-refractivity contribution is 0.0924. The van der Waals surface area contributed by atoms with Crippen molar-refractivity contribution in [3.63, 3.8) is 0 Å². The van der Waals surface area contributed by atoms with Gasteiger partial charge in [-0.15, -0.1) is 24.8 Å². The zero-order valence-corrected chi connectivity index (χ0v) is 15.1. The fourth-order valence-electron chi connectivity index (χ4n) is 2.28. The highest BCUT2D eigenvalue weighted by atomic mass is 35.5. The maximum absolute atomic E-state index is 12.4. The first kappa shape index (κ1) is 21.2. The van der Waals surface area contributed by atoms with Gasteiger partial charge < -0.3 is 11.1 Å². The number of carbonyl (C=O) groups is 1. The fourth-order valence-corrected chi connectivity index (χ4v) is 2.28. The van der Waals surface area contributed by atoms with E-state index in [1.165, 1.54) is 0 Å². The molecule has 0 radical (unpaired) electrons. The molecule has 1 heterocycles. The summed E-state index contributed by atoms with van der Waals surface area (Å²) in [6.45, 7) is 6.14. The van der Waals surface area contributed by atoms with E-state index in [0.29, 0.717) is 11.3 Å². The summed E-state index contributed by atoms with van der Waals surface area (Å²) < 4.78 is 0. The summed E-state index contributed by atoms with van der Waals surface area (Å²) in [5.41, 5.74) is 8.86. The number of nitrogen functional groups attached to an aromatic ring is 1. The molecule has 1 unspecified atom stereocenters. The van der Waals surface area contributed by atoms with Gasteiger partial charge in [0.1, 0.15) is 0 Å². The topological polar surface area (TPSA) is 68.0 Å². The molecule has 0 spiro atoms. The van der Waals surface area contributed by atoms with Crippen LogP contribution in [-0.2, 0) is 0 Å². The molecule has 23 heavy (non-hydrogen) atoms. The van der Waals surface area contributed by atoms with Crippen LogP contribution in [0.4, 0.5) is 5.69 Å². The number of anilines is 1. The Hall–Kier alpha value is -1.78. The molecule has 1 aromatic heterocycles. The summed E-state index contributed by atoms with van der Waals surface area (Å²) in [5, 5.41) is 3.06. The van der Waals surface area contributed by atoms with Crippen molar-refractivity contribution in [3.05, 3.63) is 59.4 Å². The zero-order valence-electron chi connectivity index (χ0n) is 13.4. The molecule has 126 valence electrons. The lowest BCUT2D eigenvalue weighted by Gasteiger charge is -2.23. The van der Waals surface area contributed by atoms with Crippen LogP contribution in [0.1, 0.15) is 41.5 Å². The molecule has 0 fully saturated rings. The van der Waals surface area contributed by atoms with Gasteiger partial charge in [0.15, 0.2) is 0 Å². The standard InChI is InChI=1S/C17H21N3O.2ClH/c1-11(2)15(16-12(3)6-5-9-19-16)20-17(21)13-7-4-8-14(18)10-13;;/h4-11,15H,18H2,1-3H3,(H,20,21);2*1H. The number of pyridine rings is 1. The molecule has 0 aliphatic rings. The number of amides is 1. The van der Waals surface area contributed by atoms with Gasteiger partial charge in [0, 0.05) is 17.4 Å². The number of benzene rings is 1. The van der Waals surface area contributed by atoms with Crippen LogP contribution in [0.25, 0.3) is 0 Å². The van der Waals surface area contributed by atoms with E-state index < -0.39 is 0 Å². The number of halogens is 2. The van der Waals surface area contributed by atoms with Crippen molar-refractivity contribution in [3.8, 4) is 0 Å². The maximum Gasteiger partial charge on any atom is 0.251 e. The number of nitrogens with two attached hydrogens (primary N) is 1. The Morgan fingerprint density at radius 3 is 2.43 bits per heavy atom. The lowest BCUT2D eigenvalue weighted by Crippen LogP contribution is -2.32. The van der Waals surface area contributed by atoms with Crippen LogP contribution in [0.2, 0.25) is 0 Å². The highest BCUT2D eigenvalue weighted by Crippen LogP contribution is 2.23. The third kappa shape index (κ3) is 5.41. The molecule has 1 aromatic carbocycles. The number of nitrogens with one attached hydrogen (secondary N) is 1. The summed E-state index contributed by atoms with van der Waals surface area (Å²) in [4.78, 5) is 16.8. The zero-order chi connectivity index (χ0) is 15.4. The minimum atomic E-state index is -0.133. The predicted molar refractivity (Wildman–Crippen MR) is 99.4 cm³/mol. The summed E-state index contributed by atoms with van der Waals surface area (Å²) >= 11 is 0. The second-order valence-electron chi connectivity index (χ2n) is 5.53. The minimum Gasteiger partial charge on any atom is -0.399 e. The molecule has 1 atom stereocenters. The van der Waals surface area contributed by atoms with Crippen molar-refractivity contribution in [1.29, 1.82) is 0 Å². The Kier molecular flexibility index (Phi) is 8.65. The van der Waals surface area contributed by atoms with E-state index in [0.717, 1.165) is 11.3 Å². The quantitative estimate of drug-likeness (QED) is 0.816. The van der Waals surface area contributed by atoms with Crippen molar-refractivity contribution in [2.24, 2.45) is 5.92 Å². The molecule has 2 rings (SSSR count). The SMILES string of the molecule is Cc1cccnc1C(NC(=O)c1cccc(N)c1)C(C)C.Cl.Cl. The van der Waals surface area contributed by atoms with Crippen molar-refractivity contribution in [2.75, 3.05) is 5.73 Å². The largest absolute Gasteiger partial charge is 0.399 e. The third-order valence-electron chi connectivity index (χ3n) is 3.45. The van der Waals surface area contributed by atoms with Crippen LogP contribution in [0.3, 0.4) is 0 Å². The third-order valence-corrected chi connectivity index (χ3v) is 3.45. The maximum atomic E-state index is 12.4. The van der Waals surface area contributed by atoms with Crippen LogP contribution < -0.4 is 11.1 Å². The number of hydrogen-bond acceptors (Lipinski definition) is 3. The number of nitrogens with zero attached hydrogens (tertiary/aromatic N) is 1. The molecule has 0 aliphatic heterocycles. The van der Waals surface area contributed by atoms with Crippen LogP contribution in [0.15, 0.2) is 42.6 Å². The smallest absolute Gasteiger partial charge is 0.251 e. The fraction of sp³-hybridized carbons (Fsp3) is 0.294. The van der Waals surface area contributed by atoms with Gasteiger partial charge in [-0.2, -0.15) is 0 Å². The number of hydrogen-bond donors (Lipinski definition) is 2. The Morgan fingerprint density at radius 1 is 1.17 bits per heavy atom. The second kappa shape index (κ2) is 9.38. The summed E-state index contributed by atoms with van der Waals surface area (Å²) in [6, 6.07) is 10.8. The number of aryl methyl sites for hydroxylation is 1. The van der Waals surface area contributed by atoms with Gasteiger partial charge in [-0.25, -0.2) is 0 Å². The van der Waals surface area contributed by atoms with Gasteiger partial charge in [0.25, 0.3) is 5.91 Å². The van der Waals surface area contributed by atoms with Crippen LogP contribution >= 0.6 is 24.8 Å². The molecule has 0 saturated carbocycles. The molecule has 3 N–H and O–H groups in total. The molecule has 4 nitrogen and oxygen atoms in total. The molecule has 6 heteroatoms. The van der Waals surface area contributed by atoms with E-state index >= 15 is 0 Å². The number of carbonyl (C=O) groups excluding carboxylic acids is 1. The van der Waals surface area contributed by atoms with Crippen molar-refractivity contribution < 1.29 is 4.79 Å². The van der Waals surface area contributed by atoms with Gasteiger partial charge in [0.05, 0.1) is 11.7 Å². The first-order valence-corrected chi connectivity index (χ1v) is 7.07. The first-order chi connectivity index (χ1) is 9.99. The monoisotopic (exact) mass is 355 g/mol. The summed E-state index contributed by atoms with van der Waals surface area (Å²) in [7, 11) is 0. The highest BCUT2D eigenvalue weighted by Gasteiger charge is 2.21. The molecular weight excluding hydrogens is 333 g/mol. The Bertz CT molecular complexity index is 647. The molecule has 0 aliphatic carbocycles. The average Bonchev–Trinajstić information content (AvgIpc) is 2.45. The van der Waals surface area contributed by atoms with E-state index in [1.807, 2.05) is 19.1 Å². The van der Waals surface area contributed by atoms with E-state index in [-0.39, 0.29) is 42.7 Å². The highest BCUT2D eigenvalue weighted by molar-refractivity contribution is 5.95. The van der Waals surface area contributed by atoms with Crippen molar-refractivity contribution in [1.82, 2.24) is 10.3 Å². The molecule has 0 bridgehead atoms. The molecular formula is C17H23Cl2N3O. The molecule has 2 aromatic rings. The lowest BCUT2D eigenvalue weighted by atomic mass is 9.97. The summed E-state index contributed by atoms with van der Waals surface area (Å²) in [6.07, 6.45) is 1.75. The Balaban J connectivity index is 0.00000242. The van der Waals surface area contributed by atoms with Crippen LogP contribution in [0.5, 0.6) is 0 Å². The van der Waals surface area contributed by atoms with Crippen molar-refractivity contribution in [2.45, 2.75) is 26.8 Å². The van der Waals surface area contributed by atoms with Gasteiger partial charge in [-0.3, -0.25) is 9.78 Å². The van der Waals surface area contributed by atoms with E-state index in [4.69, 9.17) is 5.73 Å². The minimum absolute atomic E-state index is 0. The Labute approximate surface area is 149 Å². The van der Waals surface area contributed by atoms with Gasteiger partial charge in [-0.05, 0) is 42.7 Å². The van der Waals surface area contributed by atoms with Crippen molar-refractivity contribution >= 4 is 36.4 Å². The van der Waals surface area contributed by atoms with Crippen LogP contribution in [0, 0.1) is 12.8 Å². The van der Waals surface area contributed by atoms with Crippen LogP contribution in [-0.4, -0.2) is 10.9 Å². The van der Waals surface area contributed by atoms with E-state index in [2.05, 4.69) is 24.1 Å². The number of aromatic nitrogens is 1. The normalized spacial score (nSPS) is 11.1. The Morgan fingerprint density at radius 2 is 1.87 bits per heavy atom. The van der Waals surface area contributed by atoms with E-state index in [1.54, 1.807) is 30.5 Å². The molecule has 1 amide bonds. The van der Waals surface area contributed by atoms with Gasteiger partial charge in [0.2, 0.25) is 0 Å². The summed E-state index contributed by atoms with van der Waals surface area (Å²) in [5.74, 6) is 0.106. The predicted octanol–water partition coefficient (Wildman–Crippen LogP) is 3.94. The number of rotatable bonds is 4. The average molecular weight is 356 g/mol. The molecule has 0 saturated heterocycles.